The van der Waals surface area contributed by atoms with Gasteiger partial charge >= 0.3 is 18.0 Å². The number of hydrogen-bond acceptors (Lipinski definition) is 19. The fourth-order valence-electron chi connectivity index (χ4n) is 8.97. The number of carbonyl (C=O) groups excluding carboxylic acids is 5. The Morgan fingerprint density at radius 2 is 1.41 bits per heavy atom. The number of amides is 2. The molecule has 5 aromatic heterocycles. The van der Waals surface area contributed by atoms with Crippen molar-refractivity contribution in [3.05, 3.63) is 83.0 Å². The summed E-state index contributed by atoms with van der Waals surface area (Å²) in [6.45, 7) is 17.9. The molecule has 7 aromatic rings. The van der Waals surface area contributed by atoms with E-state index in [9.17, 15) is 24.0 Å². The third-order valence-electron chi connectivity index (χ3n) is 12.5. The molecular formula is C57H75N13O12. The van der Waals surface area contributed by atoms with E-state index in [1.165, 1.54) is 0 Å². The summed E-state index contributed by atoms with van der Waals surface area (Å²) < 4.78 is 47.2. The summed E-state index contributed by atoms with van der Waals surface area (Å²) in [6, 6.07) is 10.7. The van der Waals surface area contributed by atoms with Gasteiger partial charge in [0.25, 0.3) is 0 Å². The first-order valence-electron chi connectivity index (χ1n) is 27.5. The number of imidazole rings is 1. The molecule has 25 nitrogen and oxygen atoms in total. The lowest BCUT2D eigenvalue weighted by molar-refractivity contribution is -0.156. The molecule has 6 N–H and O–H groups in total. The van der Waals surface area contributed by atoms with Crippen LogP contribution in [-0.4, -0.2) is 145 Å². The maximum Gasteiger partial charge on any atom is 0.407 e. The number of allylic oxidation sites excluding steroid dienone is 2. The van der Waals surface area contributed by atoms with E-state index in [0.29, 0.717) is 81.4 Å². The largest absolute Gasteiger partial charge is 0.491 e. The fraction of sp³-hybridized carbons (Fsp3) is 0.474. The SMILES string of the molecule is CCOC(=O)CCNC(=O)OCCCOc1cc(CN)cc2nc(NCC(=O)c3cc(C)nn3CC)n(C/C=C/Cn3c4nc(-c5cc(C)nn5CC)ncc4c4cc(C(N)=O)cc(OCCOCCOCCC(=O)OC(C)(C)C)c43)c12. The van der Waals surface area contributed by atoms with Crippen LogP contribution in [0.1, 0.15) is 98.6 Å². The van der Waals surface area contributed by atoms with Crippen LogP contribution in [0, 0.1) is 13.8 Å². The molecule has 7 rings (SSSR count). The average molecular weight is 1130 g/mol. The van der Waals surface area contributed by atoms with Gasteiger partial charge in [0.05, 0.1) is 88.1 Å². The van der Waals surface area contributed by atoms with Crippen molar-refractivity contribution >= 4 is 68.6 Å². The number of alkyl carbamates (subject to hydrolysis) is 1. The number of ketones is 1. The quantitative estimate of drug-likeness (QED) is 0.0117. The van der Waals surface area contributed by atoms with Gasteiger partial charge in [-0.15, -0.1) is 0 Å². The van der Waals surface area contributed by atoms with Crippen molar-refractivity contribution in [1.82, 2.24) is 49.0 Å². The van der Waals surface area contributed by atoms with E-state index < -0.39 is 23.6 Å². The second kappa shape index (κ2) is 28.8. The molecule has 82 heavy (non-hydrogen) atoms. The fourth-order valence-corrected chi connectivity index (χ4v) is 8.97. The number of esters is 2. The summed E-state index contributed by atoms with van der Waals surface area (Å²) >= 11 is 0. The molecular weight excluding hydrogens is 1060 g/mol. The molecule has 0 spiro atoms. The minimum absolute atomic E-state index is 0.0194. The van der Waals surface area contributed by atoms with Crippen LogP contribution in [0.5, 0.6) is 11.5 Å². The zero-order valence-corrected chi connectivity index (χ0v) is 48.0. The van der Waals surface area contributed by atoms with Gasteiger partial charge < -0.3 is 64.4 Å². The van der Waals surface area contributed by atoms with E-state index in [4.69, 9.17) is 59.6 Å². The third kappa shape index (κ3) is 16.2. The second-order valence-corrected chi connectivity index (χ2v) is 19.9. The van der Waals surface area contributed by atoms with Crippen molar-refractivity contribution in [1.29, 1.82) is 0 Å². The number of hydrogen-bond donors (Lipinski definition) is 4. The predicted molar refractivity (Wildman–Crippen MR) is 306 cm³/mol. The number of Topliss-reactive ketones (excluding diaryl/α,β-unsaturated/α-hetero) is 1. The van der Waals surface area contributed by atoms with Crippen LogP contribution in [0.15, 0.2) is 54.7 Å². The maximum absolute atomic E-state index is 13.8. The molecule has 0 fully saturated rings. The molecule has 25 heteroatoms. The number of benzene rings is 2. The third-order valence-corrected chi connectivity index (χ3v) is 12.5. The van der Waals surface area contributed by atoms with Crippen molar-refractivity contribution in [3.8, 4) is 23.0 Å². The standard InChI is InChI=1S/C57H75N13O12/c1-9-69-43(27-36(4)65-69)45(71)35-62-55-63-42-29-38(33-58)30-46(79-20-14-21-81-56(75)60-17-15-48(72)78-11-3)51(42)68(55)19-13-12-18-67-50-40(41-34-61-53(64-54(41)67)44-28-37(5)66-70(44)10-2)31-39(52(59)74)32-47(50)80-26-25-77-24-23-76-22-16-49(73)82-57(6,7)8/h12-13,27-32,34H,9-11,14-26,33,35,58H2,1-8H3,(H2,59,74)(H,60,75)(H,62,63)/b13-12+. The number of aryl methyl sites for hydroxylation is 4. The number of fused-ring (bicyclic) bond motifs is 4. The number of carbonyl (C=O) groups is 5. The summed E-state index contributed by atoms with van der Waals surface area (Å²) in [5, 5.41) is 16.2. The van der Waals surface area contributed by atoms with Crippen molar-refractivity contribution < 1.29 is 57.1 Å². The normalized spacial score (nSPS) is 11.7. The van der Waals surface area contributed by atoms with Crippen LogP contribution >= 0.6 is 0 Å². The number of primary amides is 1. The second-order valence-electron chi connectivity index (χ2n) is 19.9. The lowest BCUT2D eigenvalue weighted by Crippen LogP contribution is -2.27. The Balaban J connectivity index is 1.18. The average Bonchev–Trinajstić information content (AvgIpc) is 2.76. The van der Waals surface area contributed by atoms with Crippen molar-refractivity contribution in [2.75, 3.05) is 71.3 Å². The van der Waals surface area contributed by atoms with Gasteiger partial charge in [0.2, 0.25) is 11.9 Å². The van der Waals surface area contributed by atoms with Gasteiger partial charge in [0, 0.05) is 68.2 Å². The molecule has 2 amide bonds. The van der Waals surface area contributed by atoms with Gasteiger partial charge in [-0.3, -0.25) is 28.5 Å². The summed E-state index contributed by atoms with van der Waals surface area (Å²) in [6.07, 6.45) is 5.44. The first kappa shape index (κ1) is 61.2. The Morgan fingerprint density at radius 1 is 0.720 bits per heavy atom. The Bertz CT molecular complexity index is 3410. The van der Waals surface area contributed by atoms with Gasteiger partial charge in [-0.2, -0.15) is 10.2 Å². The highest BCUT2D eigenvalue weighted by Crippen LogP contribution is 2.37. The van der Waals surface area contributed by atoms with Crippen molar-refractivity contribution in [2.45, 2.75) is 113 Å². The Labute approximate surface area is 474 Å². The summed E-state index contributed by atoms with van der Waals surface area (Å²) in [5.74, 6) is 0.0514. The maximum atomic E-state index is 13.8. The van der Waals surface area contributed by atoms with E-state index in [0.717, 1.165) is 22.6 Å². The molecule has 0 bridgehead atoms. The molecule has 0 radical (unpaired) electrons. The lowest BCUT2D eigenvalue weighted by atomic mass is 10.1. The van der Waals surface area contributed by atoms with Crippen LogP contribution in [-0.2, 0) is 66.0 Å². The monoisotopic (exact) mass is 1130 g/mol. The van der Waals surface area contributed by atoms with Gasteiger partial charge in [0.1, 0.15) is 46.3 Å². The minimum atomic E-state index is -0.672. The van der Waals surface area contributed by atoms with E-state index in [1.54, 1.807) is 36.0 Å². The van der Waals surface area contributed by atoms with E-state index in [1.807, 2.05) is 92.6 Å². The summed E-state index contributed by atoms with van der Waals surface area (Å²) in [4.78, 5) is 77.6. The van der Waals surface area contributed by atoms with Crippen LogP contribution in [0.2, 0.25) is 0 Å². The highest BCUT2D eigenvalue weighted by atomic mass is 16.6. The Kier molecular flexibility index (Phi) is 21.5. The van der Waals surface area contributed by atoms with Gasteiger partial charge in [0.15, 0.2) is 11.6 Å². The molecule has 0 atom stereocenters. The number of ether oxygens (including phenoxy) is 7. The zero-order chi connectivity index (χ0) is 58.9. The molecule has 0 saturated carbocycles. The highest BCUT2D eigenvalue weighted by molar-refractivity contribution is 6.11. The van der Waals surface area contributed by atoms with Crippen molar-refractivity contribution in [3.63, 3.8) is 0 Å². The molecule has 440 valence electrons. The van der Waals surface area contributed by atoms with Crippen LogP contribution in [0.4, 0.5) is 10.7 Å². The molecule has 0 saturated heterocycles. The predicted octanol–water partition coefficient (Wildman–Crippen LogP) is 6.35. The molecule has 0 aliphatic heterocycles. The van der Waals surface area contributed by atoms with Gasteiger partial charge in [-0.25, -0.2) is 19.7 Å². The molecule has 0 aliphatic rings. The number of nitrogens with zero attached hydrogens (tertiary/aromatic N) is 9. The molecule has 0 aliphatic carbocycles. The topological polar surface area (TPSA) is 310 Å². The lowest BCUT2D eigenvalue weighted by Gasteiger charge is -2.19. The van der Waals surface area contributed by atoms with E-state index >= 15 is 0 Å². The Hall–Kier alpha value is -8.42. The summed E-state index contributed by atoms with van der Waals surface area (Å²) in [7, 11) is 0. The number of nitrogens with two attached hydrogens (primary N) is 2. The number of nitrogens with one attached hydrogen (secondary N) is 2. The van der Waals surface area contributed by atoms with Crippen molar-refractivity contribution in [2.24, 2.45) is 11.5 Å². The van der Waals surface area contributed by atoms with Gasteiger partial charge in [-0.05, 0) is 97.4 Å². The van der Waals surface area contributed by atoms with Crippen LogP contribution < -0.4 is 31.6 Å². The molecule has 2 aromatic carbocycles. The number of anilines is 1. The highest BCUT2D eigenvalue weighted by Gasteiger charge is 2.23. The van der Waals surface area contributed by atoms with E-state index in [2.05, 4.69) is 20.8 Å². The molecule has 5 heterocycles. The Morgan fingerprint density at radius 3 is 2.13 bits per heavy atom. The number of aromatic nitrogens is 9. The minimum Gasteiger partial charge on any atom is -0.491 e. The van der Waals surface area contributed by atoms with Crippen LogP contribution in [0.3, 0.4) is 0 Å². The molecule has 0 unspecified atom stereocenters. The summed E-state index contributed by atoms with van der Waals surface area (Å²) in [5.41, 5.74) is 17.6. The number of rotatable bonds is 32. The van der Waals surface area contributed by atoms with E-state index in [-0.39, 0.29) is 116 Å². The van der Waals surface area contributed by atoms with Gasteiger partial charge in [-0.1, -0.05) is 12.2 Å². The smallest absolute Gasteiger partial charge is 0.407 e. The van der Waals surface area contributed by atoms with Crippen LogP contribution in [0.25, 0.3) is 44.5 Å². The zero-order valence-electron chi connectivity index (χ0n) is 48.0. The first-order valence-corrected chi connectivity index (χ1v) is 27.5. The first-order chi connectivity index (χ1) is 39.4.